The summed E-state index contributed by atoms with van der Waals surface area (Å²) in [5.74, 6) is -2.00. The number of carboxylic acids is 1. The standard InChI is InChI=1S/C43H50N10O7/c1-53-17-14-25(15-18-53)24-59-27-12-13-35-30(20-27)39-40(60-35)38(29-8-3-5-10-32(29)51-39)49-22-36(54)48-23-37(55)50-33(11-6-16-46-43(44)45)41(56)52-34(42(57)58)19-26-21-47-31-9-4-2-7-28(26)31/h2-5,7-10,12-13,20-21,25,33-34,47H,6,11,14-19,22-24H2,1H3,(H,48,54)(H,49,51)(H,50,55)(H,52,56)(H,57,58)(H4,44,45,46). The van der Waals surface area contributed by atoms with Crippen LogP contribution in [-0.2, 0) is 25.6 Å². The zero-order chi connectivity index (χ0) is 42.2. The number of hydrogen-bond donors (Lipinski definition) is 8. The quantitative estimate of drug-likeness (QED) is 0.0354. The lowest BCUT2D eigenvalue weighted by Gasteiger charge is -2.28. The first-order valence-corrected chi connectivity index (χ1v) is 20.0. The smallest absolute Gasteiger partial charge is 0.326 e. The van der Waals surface area contributed by atoms with Gasteiger partial charge in [-0.25, -0.2) is 9.78 Å². The van der Waals surface area contributed by atoms with Crippen LogP contribution in [0.3, 0.4) is 0 Å². The number of nitrogens with two attached hydrogens (primary N) is 2. The number of likely N-dealkylation sites (tertiary alicyclic amines) is 1. The van der Waals surface area contributed by atoms with Crippen LogP contribution in [0.4, 0.5) is 5.69 Å². The molecule has 10 N–H and O–H groups in total. The summed E-state index contributed by atoms with van der Waals surface area (Å²) in [4.78, 5) is 66.4. The molecule has 17 heteroatoms. The number of nitrogens with one attached hydrogen (secondary N) is 5. The third-order valence-electron chi connectivity index (χ3n) is 10.8. The molecule has 60 heavy (non-hydrogen) atoms. The largest absolute Gasteiger partial charge is 0.493 e. The third-order valence-corrected chi connectivity index (χ3v) is 10.8. The van der Waals surface area contributed by atoms with E-state index in [2.05, 4.69) is 43.2 Å². The number of carbonyl (C=O) groups excluding carboxylic acids is 3. The van der Waals surface area contributed by atoms with E-state index in [9.17, 15) is 24.3 Å². The first-order valence-electron chi connectivity index (χ1n) is 20.0. The van der Waals surface area contributed by atoms with Gasteiger partial charge in [0.05, 0.1) is 36.3 Å². The van der Waals surface area contributed by atoms with Crippen molar-refractivity contribution in [3.05, 3.63) is 78.5 Å². The Morgan fingerprint density at radius 1 is 0.967 bits per heavy atom. The Kier molecular flexibility index (Phi) is 12.9. The van der Waals surface area contributed by atoms with E-state index < -0.39 is 42.3 Å². The van der Waals surface area contributed by atoms with Gasteiger partial charge in [0.25, 0.3) is 0 Å². The number of carbonyl (C=O) groups is 4. The molecule has 0 spiro atoms. The van der Waals surface area contributed by atoms with Crippen molar-refractivity contribution >= 4 is 79.2 Å². The Bertz CT molecular complexity index is 2540. The monoisotopic (exact) mass is 818 g/mol. The molecule has 7 rings (SSSR count). The number of amides is 3. The Morgan fingerprint density at radius 2 is 1.73 bits per heavy atom. The minimum atomic E-state index is -1.29. The lowest BCUT2D eigenvalue weighted by Crippen LogP contribution is -2.53. The van der Waals surface area contributed by atoms with Gasteiger partial charge in [0.1, 0.15) is 28.9 Å². The van der Waals surface area contributed by atoms with Gasteiger partial charge in [0, 0.05) is 35.5 Å². The van der Waals surface area contributed by atoms with Crippen LogP contribution >= 0.6 is 0 Å². The summed E-state index contributed by atoms with van der Waals surface area (Å²) >= 11 is 0. The molecule has 0 radical (unpaired) electrons. The number of fused-ring (bicyclic) bond motifs is 5. The second-order valence-corrected chi connectivity index (χ2v) is 15.2. The molecule has 1 aliphatic rings. The number of para-hydroxylation sites is 2. The number of benzene rings is 3. The van der Waals surface area contributed by atoms with E-state index in [0.717, 1.165) is 53.4 Å². The maximum Gasteiger partial charge on any atom is 0.326 e. The van der Waals surface area contributed by atoms with Crippen LogP contribution in [-0.4, -0.2) is 108 Å². The average molecular weight is 819 g/mol. The summed E-state index contributed by atoms with van der Waals surface area (Å²) in [7, 11) is 2.14. The highest BCUT2D eigenvalue weighted by atomic mass is 16.5. The molecule has 314 valence electrons. The molecule has 17 nitrogen and oxygen atoms in total. The summed E-state index contributed by atoms with van der Waals surface area (Å²) < 4.78 is 12.5. The number of furan rings is 1. The lowest BCUT2D eigenvalue weighted by atomic mass is 9.98. The van der Waals surface area contributed by atoms with E-state index in [1.807, 2.05) is 66.7 Å². The van der Waals surface area contributed by atoms with Crippen LogP contribution in [0.2, 0.25) is 0 Å². The number of guanidine groups is 1. The van der Waals surface area contributed by atoms with Crippen molar-refractivity contribution in [1.82, 2.24) is 30.8 Å². The molecule has 0 aliphatic carbocycles. The van der Waals surface area contributed by atoms with Gasteiger partial charge in [-0.1, -0.05) is 36.4 Å². The normalized spacial score (nSPS) is 14.5. The Morgan fingerprint density at radius 3 is 2.52 bits per heavy atom. The van der Waals surface area contributed by atoms with E-state index in [0.29, 0.717) is 52.4 Å². The summed E-state index contributed by atoms with van der Waals surface area (Å²) in [6, 6.07) is 18.2. The molecule has 1 aliphatic heterocycles. The molecule has 1 saturated heterocycles. The second-order valence-electron chi connectivity index (χ2n) is 15.2. The molecule has 0 bridgehead atoms. The summed E-state index contributed by atoms with van der Waals surface area (Å²) in [5, 5.41) is 23.4. The predicted molar refractivity (Wildman–Crippen MR) is 230 cm³/mol. The van der Waals surface area contributed by atoms with Gasteiger partial charge in [0.2, 0.25) is 17.7 Å². The minimum absolute atomic E-state index is 0.00403. The molecule has 2 atom stereocenters. The number of rotatable bonds is 18. The lowest BCUT2D eigenvalue weighted by molar-refractivity contribution is -0.142. The van der Waals surface area contributed by atoms with Crippen LogP contribution in [0.25, 0.3) is 43.9 Å². The fraction of sp³-hybridized carbons (Fsp3) is 0.349. The van der Waals surface area contributed by atoms with Crippen LogP contribution in [0.15, 0.2) is 82.3 Å². The fourth-order valence-electron chi connectivity index (χ4n) is 7.50. The molecule has 3 aromatic carbocycles. The highest BCUT2D eigenvalue weighted by Gasteiger charge is 2.28. The molecular formula is C43H50N10O7. The van der Waals surface area contributed by atoms with Gasteiger partial charge in [-0.3, -0.25) is 19.4 Å². The van der Waals surface area contributed by atoms with Gasteiger partial charge >= 0.3 is 5.97 Å². The van der Waals surface area contributed by atoms with E-state index in [4.69, 9.17) is 25.6 Å². The predicted octanol–water partition coefficient (Wildman–Crippen LogP) is 3.21. The topological polar surface area (TPSA) is 255 Å². The van der Waals surface area contributed by atoms with Crippen LogP contribution in [0, 0.1) is 5.92 Å². The third kappa shape index (κ3) is 10.0. The Labute approximate surface area is 345 Å². The molecule has 3 amide bonds. The number of pyridine rings is 1. The molecule has 6 aromatic rings. The molecular weight excluding hydrogens is 769 g/mol. The van der Waals surface area contributed by atoms with Gasteiger partial charge < -0.3 is 56.9 Å². The first kappa shape index (κ1) is 41.3. The van der Waals surface area contributed by atoms with Crippen molar-refractivity contribution in [2.45, 2.75) is 44.2 Å². The van der Waals surface area contributed by atoms with Gasteiger partial charge in [0.15, 0.2) is 11.5 Å². The Hall–Kier alpha value is -6.88. The van der Waals surface area contributed by atoms with E-state index >= 15 is 0 Å². The van der Waals surface area contributed by atoms with Crippen molar-refractivity contribution in [3.63, 3.8) is 0 Å². The van der Waals surface area contributed by atoms with Crippen molar-refractivity contribution in [2.24, 2.45) is 22.4 Å². The van der Waals surface area contributed by atoms with E-state index in [1.54, 1.807) is 6.20 Å². The minimum Gasteiger partial charge on any atom is -0.493 e. The maximum absolute atomic E-state index is 13.5. The summed E-state index contributed by atoms with van der Waals surface area (Å²) in [5.41, 5.74) is 15.4. The van der Waals surface area contributed by atoms with Gasteiger partial charge in [-0.15, -0.1) is 0 Å². The molecule has 0 saturated carbocycles. The van der Waals surface area contributed by atoms with E-state index in [1.165, 1.54) is 0 Å². The van der Waals surface area contributed by atoms with Crippen molar-refractivity contribution in [3.8, 4) is 5.75 Å². The number of hydrogen-bond acceptors (Lipinski definition) is 10. The number of aromatic nitrogens is 2. The number of nitrogens with zero attached hydrogens (tertiary/aromatic N) is 3. The second kappa shape index (κ2) is 18.8. The number of aliphatic imine (C=N–C) groups is 1. The zero-order valence-corrected chi connectivity index (χ0v) is 33.3. The highest BCUT2D eigenvalue weighted by Crippen LogP contribution is 2.38. The van der Waals surface area contributed by atoms with Crippen molar-refractivity contribution in [2.75, 3.05) is 51.7 Å². The highest BCUT2D eigenvalue weighted by molar-refractivity contribution is 6.14. The fourth-order valence-corrected chi connectivity index (χ4v) is 7.50. The van der Waals surface area contributed by atoms with Crippen molar-refractivity contribution < 1.29 is 33.4 Å². The number of aromatic amines is 1. The number of aliphatic carboxylic acids is 1. The SMILES string of the molecule is CN1CCC(COc2ccc3oc4c(NCC(=O)NCC(=O)NC(CCCN=C(N)N)C(=O)NC(Cc5c[nH]c6ccccc56)C(=O)O)c5ccccc5nc4c3c2)CC1. The van der Waals surface area contributed by atoms with Gasteiger partial charge in [-0.2, -0.15) is 0 Å². The zero-order valence-electron chi connectivity index (χ0n) is 33.3. The molecule has 2 unspecified atom stereocenters. The van der Waals surface area contributed by atoms with Crippen LogP contribution < -0.4 is 37.5 Å². The number of anilines is 1. The number of carboxylic acid groups (broad SMARTS) is 1. The number of piperidine rings is 1. The van der Waals surface area contributed by atoms with Crippen molar-refractivity contribution in [1.29, 1.82) is 0 Å². The molecule has 4 heterocycles. The molecule has 1 fully saturated rings. The van der Waals surface area contributed by atoms with Gasteiger partial charge in [-0.05, 0) is 87.6 Å². The maximum atomic E-state index is 13.5. The number of H-pyrrole nitrogens is 1. The summed E-state index contributed by atoms with van der Waals surface area (Å²) in [6.45, 7) is 2.27. The van der Waals surface area contributed by atoms with E-state index in [-0.39, 0.29) is 31.9 Å². The summed E-state index contributed by atoms with van der Waals surface area (Å²) in [6.07, 6.45) is 4.29. The Balaban J connectivity index is 0.991. The van der Waals surface area contributed by atoms with Crippen LogP contribution in [0.5, 0.6) is 5.75 Å². The van der Waals surface area contributed by atoms with Crippen LogP contribution in [0.1, 0.15) is 31.2 Å². The number of ether oxygens (including phenoxy) is 1. The average Bonchev–Trinajstić information content (AvgIpc) is 3.82. The molecule has 3 aromatic heterocycles. The first-order chi connectivity index (χ1) is 29.0.